The second kappa shape index (κ2) is 5.97. The fraction of sp³-hybridized carbons (Fsp3) is 0.357. The quantitative estimate of drug-likeness (QED) is 0.848. The van der Waals surface area contributed by atoms with Crippen molar-refractivity contribution in [1.82, 2.24) is 14.2 Å². The first-order valence-electron chi connectivity index (χ1n) is 6.81. The number of pyridine rings is 1. The smallest absolute Gasteiger partial charge is 0.276 e. The van der Waals surface area contributed by atoms with Crippen LogP contribution in [0.3, 0.4) is 0 Å². The van der Waals surface area contributed by atoms with Crippen molar-refractivity contribution in [3.63, 3.8) is 0 Å². The molecule has 2 aromatic heterocycles. The first-order valence-corrected chi connectivity index (χ1v) is 8.25. The van der Waals surface area contributed by atoms with Crippen LogP contribution in [0.5, 0.6) is 0 Å². The van der Waals surface area contributed by atoms with Crippen molar-refractivity contribution in [3.8, 4) is 0 Å². The molecule has 0 aromatic carbocycles. The molecule has 112 valence electrons. The summed E-state index contributed by atoms with van der Waals surface area (Å²) in [7, 11) is -3.48. The molecule has 0 saturated carbocycles. The standard InChI is InChI=1S/C14H17N3O3S/c18-21(19,14-2-1-11-20-14)17-9-7-16(8-10-17)12-13-3-5-15-6-4-13/h1-6,11H,7-10,12H2. The first-order chi connectivity index (χ1) is 10.2. The molecule has 1 saturated heterocycles. The highest BCUT2D eigenvalue weighted by Crippen LogP contribution is 2.18. The Bertz CT molecular complexity index is 663. The first kappa shape index (κ1) is 14.2. The molecule has 1 aliphatic heterocycles. The molecule has 3 rings (SSSR count). The third-order valence-electron chi connectivity index (χ3n) is 3.58. The van der Waals surface area contributed by atoms with Gasteiger partial charge in [0.2, 0.25) is 5.09 Å². The molecular weight excluding hydrogens is 290 g/mol. The van der Waals surface area contributed by atoms with Crippen LogP contribution in [0.1, 0.15) is 5.56 Å². The van der Waals surface area contributed by atoms with E-state index < -0.39 is 10.0 Å². The summed E-state index contributed by atoms with van der Waals surface area (Å²) in [5.74, 6) is 0. The maximum Gasteiger partial charge on any atom is 0.276 e. The van der Waals surface area contributed by atoms with Crippen molar-refractivity contribution in [2.45, 2.75) is 11.6 Å². The molecule has 0 aliphatic carbocycles. The van der Waals surface area contributed by atoms with Crippen LogP contribution in [0, 0.1) is 0 Å². The molecule has 0 atom stereocenters. The van der Waals surface area contributed by atoms with E-state index in [1.807, 2.05) is 12.1 Å². The largest absolute Gasteiger partial charge is 0.452 e. The van der Waals surface area contributed by atoms with Gasteiger partial charge in [0.05, 0.1) is 6.26 Å². The highest BCUT2D eigenvalue weighted by molar-refractivity contribution is 7.89. The molecule has 0 amide bonds. The van der Waals surface area contributed by atoms with Crippen LogP contribution in [0.15, 0.2) is 52.4 Å². The maximum atomic E-state index is 12.3. The lowest BCUT2D eigenvalue weighted by Gasteiger charge is -2.33. The van der Waals surface area contributed by atoms with E-state index >= 15 is 0 Å². The van der Waals surface area contributed by atoms with Gasteiger partial charge in [0.1, 0.15) is 0 Å². The minimum atomic E-state index is -3.48. The van der Waals surface area contributed by atoms with Gasteiger partial charge in [0.15, 0.2) is 0 Å². The van der Waals surface area contributed by atoms with E-state index in [-0.39, 0.29) is 5.09 Å². The predicted octanol–water partition coefficient (Wildman–Crippen LogP) is 1.18. The lowest BCUT2D eigenvalue weighted by molar-refractivity contribution is 0.180. The molecule has 3 heterocycles. The van der Waals surface area contributed by atoms with Gasteiger partial charge in [-0.25, -0.2) is 8.42 Å². The predicted molar refractivity (Wildman–Crippen MR) is 77.0 cm³/mol. The number of piperazine rings is 1. The van der Waals surface area contributed by atoms with Gasteiger partial charge in [-0.2, -0.15) is 4.31 Å². The Balaban J connectivity index is 1.61. The summed E-state index contributed by atoms with van der Waals surface area (Å²) in [5.41, 5.74) is 1.19. The van der Waals surface area contributed by atoms with E-state index in [9.17, 15) is 8.42 Å². The topological polar surface area (TPSA) is 66.7 Å². The minimum absolute atomic E-state index is 0.0186. The number of furan rings is 1. The average molecular weight is 307 g/mol. The Morgan fingerprint density at radius 2 is 1.81 bits per heavy atom. The number of nitrogens with zero attached hydrogens (tertiary/aromatic N) is 3. The Morgan fingerprint density at radius 1 is 1.10 bits per heavy atom. The number of hydrogen-bond acceptors (Lipinski definition) is 5. The number of hydrogen-bond donors (Lipinski definition) is 0. The molecule has 0 bridgehead atoms. The third-order valence-corrected chi connectivity index (χ3v) is 5.36. The van der Waals surface area contributed by atoms with E-state index in [4.69, 9.17) is 4.42 Å². The number of aromatic nitrogens is 1. The van der Waals surface area contributed by atoms with Gasteiger partial charge >= 0.3 is 0 Å². The molecule has 1 fully saturated rings. The second-order valence-electron chi connectivity index (χ2n) is 4.97. The normalized spacial score (nSPS) is 17.9. The van der Waals surface area contributed by atoms with Crippen LogP contribution in [-0.4, -0.2) is 48.8 Å². The van der Waals surface area contributed by atoms with Gasteiger partial charge < -0.3 is 4.42 Å². The zero-order valence-corrected chi connectivity index (χ0v) is 12.4. The van der Waals surface area contributed by atoms with E-state index in [2.05, 4.69) is 9.88 Å². The molecule has 1 aliphatic rings. The van der Waals surface area contributed by atoms with E-state index in [0.29, 0.717) is 26.2 Å². The Kier molecular flexibility index (Phi) is 4.05. The van der Waals surface area contributed by atoms with Crippen LogP contribution in [-0.2, 0) is 16.6 Å². The van der Waals surface area contributed by atoms with Gasteiger partial charge in [0, 0.05) is 45.1 Å². The van der Waals surface area contributed by atoms with Crippen LogP contribution in [0.25, 0.3) is 0 Å². The highest BCUT2D eigenvalue weighted by Gasteiger charge is 2.30. The van der Waals surface area contributed by atoms with Gasteiger partial charge in [-0.3, -0.25) is 9.88 Å². The van der Waals surface area contributed by atoms with Gasteiger partial charge in [0.25, 0.3) is 10.0 Å². The van der Waals surface area contributed by atoms with E-state index in [0.717, 1.165) is 6.54 Å². The van der Waals surface area contributed by atoms with Crippen LogP contribution >= 0.6 is 0 Å². The number of rotatable bonds is 4. The van der Waals surface area contributed by atoms with E-state index in [1.165, 1.54) is 22.2 Å². The van der Waals surface area contributed by atoms with Crippen LogP contribution in [0.2, 0.25) is 0 Å². The summed E-state index contributed by atoms with van der Waals surface area (Å²) >= 11 is 0. The lowest BCUT2D eigenvalue weighted by atomic mass is 10.2. The summed E-state index contributed by atoms with van der Waals surface area (Å²) in [6.45, 7) is 3.20. The monoisotopic (exact) mass is 307 g/mol. The fourth-order valence-electron chi connectivity index (χ4n) is 2.41. The molecular formula is C14H17N3O3S. The Morgan fingerprint density at radius 3 is 2.43 bits per heavy atom. The van der Waals surface area contributed by atoms with Crippen molar-refractivity contribution in [1.29, 1.82) is 0 Å². The molecule has 0 radical (unpaired) electrons. The molecule has 0 N–H and O–H groups in total. The molecule has 0 spiro atoms. The molecule has 0 unspecified atom stereocenters. The van der Waals surface area contributed by atoms with Crippen molar-refractivity contribution in [2.24, 2.45) is 0 Å². The molecule has 2 aromatic rings. The molecule has 21 heavy (non-hydrogen) atoms. The van der Waals surface area contributed by atoms with Crippen LogP contribution < -0.4 is 0 Å². The molecule has 6 nitrogen and oxygen atoms in total. The fourth-order valence-corrected chi connectivity index (χ4v) is 3.74. The summed E-state index contributed by atoms with van der Waals surface area (Å²) < 4.78 is 31.1. The maximum absolute atomic E-state index is 12.3. The van der Waals surface area contributed by atoms with Gasteiger partial charge in [-0.1, -0.05) is 0 Å². The van der Waals surface area contributed by atoms with Crippen LogP contribution in [0.4, 0.5) is 0 Å². The van der Waals surface area contributed by atoms with Gasteiger partial charge in [-0.15, -0.1) is 0 Å². The molecule has 7 heteroatoms. The second-order valence-corrected chi connectivity index (χ2v) is 6.84. The zero-order chi connectivity index (χ0) is 14.7. The van der Waals surface area contributed by atoms with Gasteiger partial charge in [-0.05, 0) is 29.8 Å². The minimum Gasteiger partial charge on any atom is -0.452 e. The number of sulfonamides is 1. The highest BCUT2D eigenvalue weighted by atomic mass is 32.2. The zero-order valence-electron chi connectivity index (χ0n) is 11.6. The summed E-state index contributed by atoms with van der Waals surface area (Å²) in [4.78, 5) is 6.23. The van der Waals surface area contributed by atoms with Crippen molar-refractivity contribution in [2.75, 3.05) is 26.2 Å². The Labute approximate surface area is 124 Å². The average Bonchev–Trinajstić information content (AvgIpc) is 3.04. The van der Waals surface area contributed by atoms with Crippen molar-refractivity contribution in [3.05, 3.63) is 48.5 Å². The summed E-state index contributed by atoms with van der Waals surface area (Å²) in [5, 5.41) is 0.0186. The third kappa shape index (κ3) is 3.15. The summed E-state index contributed by atoms with van der Waals surface area (Å²) in [6, 6.07) is 7.03. The Hall–Kier alpha value is -1.70. The summed E-state index contributed by atoms with van der Waals surface area (Å²) in [6.07, 6.45) is 4.92. The van der Waals surface area contributed by atoms with Crippen molar-refractivity contribution < 1.29 is 12.8 Å². The lowest BCUT2D eigenvalue weighted by Crippen LogP contribution is -2.48. The SMILES string of the molecule is O=S(=O)(c1ccco1)N1CCN(Cc2ccncc2)CC1. The van der Waals surface area contributed by atoms with E-state index in [1.54, 1.807) is 18.5 Å². The van der Waals surface area contributed by atoms with Crippen molar-refractivity contribution >= 4 is 10.0 Å².